The van der Waals surface area contributed by atoms with E-state index in [-0.39, 0.29) is 23.9 Å². The van der Waals surface area contributed by atoms with Crippen molar-refractivity contribution in [1.29, 1.82) is 0 Å². The second-order valence-corrected chi connectivity index (χ2v) is 8.92. The molecule has 2 aromatic rings. The molecule has 2 aromatic heterocycles. The van der Waals surface area contributed by atoms with Gasteiger partial charge >= 0.3 is 0 Å². The summed E-state index contributed by atoms with van der Waals surface area (Å²) in [6.07, 6.45) is 3.35. The van der Waals surface area contributed by atoms with Gasteiger partial charge in [0.25, 0.3) is 11.5 Å². The van der Waals surface area contributed by atoms with E-state index in [0.29, 0.717) is 39.0 Å². The summed E-state index contributed by atoms with van der Waals surface area (Å²) in [5.41, 5.74) is 0.390. The standard InChI is InChI=1S/C20H28N4O3S/c1-5-6-21-15(25)10-24-11-22-18-16(19(24)26)14(4)17(28-18)20(27)23-8-12(2)7-13(3)9-23/h11-13H,5-10H2,1-4H3,(H,21,25)/t12-,13-/m1/s1. The Morgan fingerprint density at radius 3 is 2.61 bits per heavy atom. The quantitative estimate of drug-likeness (QED) is 0.829. The summed E-state index contributed by atoms with van der Waals surface area (Å²) in [6, 6.07) is 0. The minimum absolute atomic E-state index is 0.0226. The van der Waals surface area contributed by atoms with Gasteiger partial charge in [0.05, 0.1) is 16.6 Å². The first-order valence-electron chi connectivity index (χ1n) is 9.86. The minimum atomic E-state index is -0.273. The largest absolute Gasteiger partial charge is 0.355 e. The van der Waals surface area contributed by atoms with Crippen molar-refractivity contribution in [2.45, 2.75) is 47.1 Å². The first kappa shape index (κ1) is 20.5. The van der Waals surface area contributed by atoms with Crippen LogP contribution in [0.4, 0.5) is 0 Å². The summed E-state index contributed by atoms with van der Waals surface area (Å²) < 4.78 is 1.31. The molecule has 7 nitrogen and oxygen atoms in total. The van der Waals surface area contributed by atoms with E-state index in [9.17, 15) is 14.4 Å². The number of nitrogens with zero attached hydrogens (tertiary/aromatic N) is 3. The topological polar surface area (TPSA) is 84.3 Å². The number of rotatable bonds is 5. The molecule has 1 aliphatic rings. The average molecular weight is 405 g/mol. The van der Waals surface area contributed by atoms with Crippen LogP contribution < -0.4 is 10.9 Å². The summed E-state index contributed by atoms with van der Waals surface area (Å²) in [4.78, 5) is 45.3. The summed E-state index contributed by atoms with van der Waals surface area (Å²) in [5, 5.41) is 3.20. The Morgan fingerprint density at radius 1 is 1.29 bits per heavy atom. The number of thiophene rings is 1. The predicted octanol–water partition coefficient (Wildman–Crippen LogP) is 2.41. The van der Waals surface area contributed by atoms with Gasteiger partial charge in [0.2, 0.25) is 5.91 Å². The van der Waals surface area contributed by atoms with Gasteiger partial charge in [-0.3, -0.25) is 19.0 Å². The van der Waals surface area contributed by atoms with Gasteiger partial charge in [0, 0.05) is 19.6 Å². The Bertz CT molecular complexity index is 939. The number of fused-ring (bicyclic) bond motifs is 1. The van der Waals surface area contributed by atoms with Crippen LogP contribution in [0.5, 0.6) is 0 Å². The molecule has 1 fully saturated rings. The van der Waals surface area contributed by atoms with Crippen LogP contribution >= 0.6 is 11.3 Å². The van der Waals surface area contributed by atoms with Gasteiger partial charge in [-0.15, -0.1) is 11.3 Å². The number of likely N-dealkylation sites (tertiary alicyclic amines) is 1. The van der Waals surface area contributed by atoms with E-state index in [0.717, 1.165) is 25.9 Å². The Balaban J connectivity index is 1.91. The fourth-order valence-corrected chi connectivity index (χ4v) is 5.03. The molecular formula is C20H28N4O3S. The molecule has 0 aliphatic carbocycles. The molecule has 2 atom stereocenters. The van der Waals surface area contributed by atoms with Crippen LogP contribution in [0.25, 0.3) is 10.2 Å². The van der Waals surface area contributed by atoms with E-state index >= 15 is 0 Å². The molecular weight excluding hydrogens is 376 g/mol. The molecule has 0 spiro atoms. The second-order valence-electron chi connectivity index (χ2n) is 7.92. The van der Waals surface area contributed by atoms with Crippen LogP contribution in [-0.4, -0.2) is 45.9 Å². The SMILES string of the molecule is CCCNC(=O)Cn1cnc2sc(C(=O)N3C[C@H](C)C[C@@H](C)C3)c(C)c2c1=O. The molecule has 152 valence electrons. The number of hydrogen-bond acceptors (Lipinski definition) is 5. The fourth-order valence-electron chi connectivity index (χ4n) is 3.92. The number of piperidine rings is 1. The van der Waals surface area contributed by atoms with E-state index in [1.165, 1.54) is 22.2 Å². The van der Waals surface area contributed by atoms with Crippen LogP contribution in [0.1, 0.15) is 48.8 Å². The number of hydrogen-bond donors (Lipinski definition) is 1. The van der Waals surface area contributed by atoms with Crippen molar-refractivity contribution in [2.75, 3.05) is 19.6 Å². The fraction of sp³-hybridized carbons (Fsp3) is 0.600. The molecule has 0 radical (unpaired) electrons. The number of aryl methyl sites for hydroxylation is 1. The number of carbonyl (C=O) groups excluding carboxylic acids is 2. The maximum absolute atomic E-state index is 13.1. The molecule has 0 aromatic carbocycles. The summed E-state index contributed by atoms with van der Waals surface area (Å²) in [7, 11) is 0. The van der Waals surface area contributed by atoms with Gasteiger partial charge in [0.1, 0.15) is 11.4 Å². The molecule has 1 N–H and O–H groups in total. The van der Waals surface area contributed by atoms with E-state index < -0.39 is 0 Å². The third-order valence-corrected chi connectivity index (χ3v) is 6.34. The van der Waals surface area contributed by atoms with Crippen LogP contribution in [0.15, 0.2) is 11.1 Å². The molecule has 1 aliphatic heterocycles. The van der Waals surface area contributed by atoms with Crippen LogP contribution in [0.2, 0.25) is 0 Å². The number of carbonyl (C=O) groups is 2. The number of nitrogens with one attached hydrogen (secondary N) is 1. The lowest BCUT2D eigenvalue weighted by molar-refractivity contribution is -0.121. The molecule has 28 heavy (non-hydrogen) atoms. The molecule has 0 bridgehead atoms. The summed E-state index contributed by atoms with van der Waals surface area (Å²) >= 11 is 1.27. The maximum Gasteiger partial charge on any atom is 0.264 e. The Hall–Kier alpha value is -2.22. The molecule has 8 heteroatoms. The molecule has 2 amide bonds. The van der Waals surface area contributed by atoms with Gasteiger partial charge in [-0.05, 0) is 37.2 Å². The van der Waals surface area contributed by atoms with Crippen molar-refractivity contribution >= 4 is 33.4 Å². The predicted molar refractivity (Wildman–Crippen MR) is 111 cm³/mol. The van der Waals surface area contributed by atoms with Gasteiger partial charge in [-0.1, -0.05) is 20.8 Å². The third kappa shape index (κ3) is 4.11. The van der Waals surface area contributed by atoms with Crippen molar-refractivity contribution in [3.05, 3.63) is 27.1 Å². The molecule has 0 saturated carbocycles. The first-order chi connectivity index (χ1) is 13.3. The Labute approximate surface area is 168 Å². The van der Waals surface area contributed by atoms with Crippen molar-refractivity contribution in [3.8, 4) is 0 Å². The van der Waals surface area contributed by atoms with Gasteiger partial charge < -0.3 is 10.2 Å². The zero-order chi connectivity index (χ0) is 20.4. The van der Waals surface area contributed by atoms with Crippen LogP contribution in [-0.2, 0) is 11.3 Å². The Morgan fingerprint density at radius 2 is 1.96 bits per heavy atom. The van der Waals surface area contributed by atoms with Gasteiger partial charge in [0.15, 0.2) is 0 Å². The lowest BCUT2D eigenvalue weighted by Gasteiger charge is -2.34. The summed E-state index contributed by atoms with van der Waals surface area (Å²) in [5.74, 6) is 0.704. The number of amides is 2. The highest BCUT2D eigenvalue weighted by Gasteiger charge is 2.29. The minimum Gasteiger partial charge on any atom is -0.355 e. The molecule has 1 saturated heterocycles. The first-order valence-corrected chi connectivity index (χ1v) is 10.7. The van der Waals surface area contributed by atoms with Crippen molar-refractivity contribution in [2.24, 2.45) is 11.8 Å². The summed E-state index contributed by atoms with van der Waals surface area (Å²) in [6.45, 7) is 10.1. The third-order valence-electron chi connectivity index (χ3n) is 5.15. The second kappa shape index (κ2) is 8.43. The average Bonchev–Trinajstić information content (AvgIpc) is 2.98. The Kier molecular flexibility index (Phi) is 6.17. The lowest BCUT2D eigenvalue weighted by atomic mass is 9.92. The van der Waals surface area contributed by atoms with Gasteiger partial charge in [-0.2, -0.15) is 0 Å². The lowest BCUT2D eigenvalue weighted by Crippen LogP contribution is -2.42. The highest BCUT2D eigenvalue weighted by atomic mass is 32.1. The van der Waals surface area contributed by atoms with Crippen LogP contribution in [0, 0.1) is 18.8 Å². The van der Waals surface area contributed by atoms with Crippen molar-refractivity contribution in [1.82, 2.24) is 19.8 Å². The molecule has 3 rings (SSSR count). The highest BCUT2D eigenvalue weighted by molar-refractivity contribution is 7.20. The zero-order valence-electron chi connectivity index (χ0n) is 16.9. The highest BCUT2D eigenvalue weighted by Crippen LogP contribution is 2.30. The van der Waals surface area contributed by atoms with Crippen molar-refractivity contribution < 1.29 is 9.59 Å². The van der Waals surface area contributed by atoms with E-state index in [4.69, 9.17) is 0 Å². The van der Waals surface area contributed by atoms with Crippen molar-refractivity contribution in [3.63, 3.8) is 0 Å². The molecule has 0 unspecified atom stereocenters. The van der Waals surface area contributed by atoms with E-state index in [2.05, 4.69) is 24.1 Å². The normalized spacial score (nSPS) is 19.8. The van der Waals surface area contributed by atoms with Crippen LogP contribution in [0.3, 0.4) is 0 Å². The zero-order valence-corrected chi connectivity index (χ0v) is 17.8. The number of aromatic nitrogens is 2. The van der Waals surface area contributed by atoms with Gasteiger partial charge in [-0.25, -0.2) is 4.98 Å². The monoisotopic (exact) mass is 404 g/mol. The molecule has 3 heterocycles. The maximum atomic E-state index is 13.1. The van der Waals surface area contributed by atoms with E-state index in [1.807, 2.05) is 11.8 Å². The van der Waals surface area contributed by atoms with E-state index in [1.54, 1.807) is 6.92 Å². The smallest absolute Gasteiger partial charge is 0.264 e.